The molecule has 1 fully saturated rings. The van der Waals surface area contributed by atoms with E-state index in [-0.39, 0.29) is 12.1 Å². The Morgan fingerprint density at radius 2 is 1.24 bits per heavy atom. The number of nitrogens with zero attached hydrogens (tertiary/aromatic N) is 2. The SMILES string of the molecule is ON=C1C[C@H](c2ccccc2)N(O)[C@@H](c2ccccc2)C1. The maximum Gasteiger partial charge on any atom is 0.0660 e. The molecule has 0 amide bonds. The van der Waals surface area contributed by atoms with Crippen molar-refractivity contribution >= 4 is 5.71 Å². The minimum Gasteiger partial charge on any atom is -0.411 e. The summed E-state index contributed by atoms with van der Waals surface area (Å²) in [7, 11) is 0. The Labute approximate surface area is 123 Å². The first-order valence-corrected chi connectivity index (χ1v) is 7.06. The van der Waals surface area contributed by atoms with Crippen molar-refractivity contribution in [2.45, 2.75) is 24.9 Å². The van der Waals surface area contributed by atoms with Gasteiger partial charge in [-0.1, -0.05) is 65.8 Å². The summed E-state index contributed by atoms with van der Waals surface area (Å²) in [4.78, 5) is 0. The van der Waals surface area contributed by atoms with Crippen LogP contribution < -0.4 is 0 Å². The lowest BCUT2D eigenvalue weighted by atomic mass is 9.88. The van der Waals surface area contributed by atoms with Crippen LogP contribution in [0.2, 0.25) is 0 Å². The number of hydrogen-bond donors (Lipinski definition) is 2. The highest BCUT2D eigenvalue weighted by Gasteiger charge is 2.34. The molecule has 4 nitrogen and oxygen atoms in total. The van der Waals surface area contributed by atoms with E-state index in [1.54, 1.807) is 0 Å². The van der Waals surface area contributed by atoms with Crippen LogP contribution in [0.3, 0.4) is 0 Å². The van der Waals surface area contributed by atoms with Gasteiger partial charge in [-0.2, -0.15) is 5.06 Å². The Morgan fingerprint density at radius 1 is 0.810 bits per heavy atom. The molecule has 1 saturated heterocycles. The molecular weight excluding hydrogens is 264 g/mol. The highest BCUT2D eigenvalue weighted by molar-refractivity contribution is 5.86. The number of benzene rings is 2. The van der Waals surface area contributed by atoms with Crippen LogP contribution in [-0.4, -0.2) is 21.2 Å². The van der Waals surface area contributed by atoms with Gasteiger partial charge in [0.05, 0.1) is 17.8 Å². The molecule has 0 radical (unpaired) electrons. The Morgan fingerprint density at radius 3 is 1.62 bits per heavy atom. The van der Waals surface area contributed by atoms with Gasteiger partial charge in [0.1, 0.15) is 0 Å². The van der Waals surface area contributed by atoms with Crippen LogP contribution in [0, 0.1) is 0 Å². The maximum absolute atomic E-state index is 10.6. The van der Waals surface area contributed by atoms with E-state index in [9.17, 15) is 10.4 Å². The summed E-state index contributed by atoms with van der Waals surface area (Å²) < 4.78 is 0. The molecule has 108 valence electrons. The molecule has 2 aromatic rings. The highest BCUT2D eigenvalue weighted by Crippen LogP contribution is 2.38. The van der Waals surface area contributed by atoms with E-state index in [2.05, 4.69) is 5.16 Å². The molecule has 0 bridgehead atoms. The van der Waals surface area contributed by atoms with Gasteiger partial charge in [-0.05, 0) is 11.1 Å². The average molecular weight is 282 g/mol. The molecule has 2 aromatic carbocycles. The molecule has 3 rings (SSSR count). The quantitative estimate of drug-likeness (QED) is 0.651. The Bertz CT molecular complexity index is 562. The van der Waals surface area contributed by atoms with Crippen LogP contribution in [0.1, 0.15) is 36.1 Å². The molecule has 0 unspecified atom stereocenters. The number of rotatable bonds is 2. The third-order valence-corrected chi connectivity index (χ3v) is 4.01. The molecule has 1 aliphatic rings. The van der Waals surface area contributed by atoms with Crippen molar-refractivity contribution in [3.8, 4) is 0 Å². The van der Waals surface area contributed by atoms with E-state index in [1.807, 2.05) is 60.7 Å². The van der Waals surface area contributed by atoms with Gasteiger partial charge in [0.2, 0.25) is 0 Å². The Hall–Kier alpha value is -2.17. The zero-order valence-electron chi connectivity index (χ0n) is 11.6. The Balaban J connectivity index is 1.95. The Kier molecular flexibility index (Phi) is 3.99. The second kappa shape index (κ2) is 6.08. The van der Waals surface area contributed by atoms with Gasteiger partial charge in [-0.15, -0.1) is 0 Å². The molecule has 2 N–H and O–H groups in total. The summed E-state index contributed by atoms with van der Waals surface area (Å²) in [5.74, 6) is 0. The van der Waals surface area contributed by atoms with E-state index >= 15 is 0 Å². The zero-order valence-corrected chi connectivity index (χ0v) is 11.6. The van der Waals surface area contributed by atoms with Gasteiger partial charge in [-0.3, -0.25) is 0 Å². The number of hydrogen-bond acceptors (Lipinski definition) is 4. The molecule has 1 heterocycles. The van der Waals surface area contributed by atoms with Gasteiger partial charge in [0, 0.05) is 12.8 Å². The second-order valence-electron chi connectivity index (χ2n) is 5.31. The summed E-state index contributed by atoms with van der Waals surface area (Å²) in [5, 5.41) is 24.6. The molecule has 21 heavy (non-hydrogen) atoms. The molecular formula is C17H18N2O2. The van der Waals surface area contributed by atoms with Crippen molar-refractivity contribution in [3.63, 3.8) is 0 Å². The first-order chi connectivity index (χ1) is 10.3. The van der Waals surface area contributed by atoms with Crippen LogP contribution in [0.4, 0.5) is 0 Å². The fourth-order valence-electron chi connectivity index (χ4n) is 2.91. The summed E-state index contributed by atoms with van der Waals surface area (Å²) in [5.41, 5.74) is 2.74. The number of hydroxylamine groups is 2. The lowest BCUT2D eigenvalue weighted by Gasteiger charge is -2.38. The zero-order chi connectivity index (χ0) is 14.7. The van der Waals surface area contributed by atoms with Crippen LogP contribution in [0.25, 0.3) is 0 Å². The van der Waals surface area contributed by atoms with Gasteiger partial charge < -0.3 is 10.4 Å². The maximum atomic E-state index is 10.6. The van der Waals surface area contributed by atoms with Crippen molar-refractivity contribution in [2.75, 3.05) is 0 Å². The third-order valence-electron chi connectivity index (χ3n) is 4.01. The fourth-order valence-corrected chi connectivity index (χ4v) is 2.91. The number of piperidine rings is 1. The van der Waals surface area contributed by atoms with Gasteiger partial charge >= 0.3 is 0 Å². The van der Waals surface area contributed by atoms with Crippen molar-refractivity contribution < 1.29 is 10.4 Å². The van der Waals surface area contributed by atoms with Crippen molar-refractivity contribution in [3.05, 3.63) is 71.8 Å². The number of oxime groups is 1. The molecule has 2 atom stereocenters. The standard InChI is InChI=1S/C17H18N2O2/c20-18-15-11-16(13-7-3-1-4-8-13)19(21)17(12-15)14-9-5-2-6-10-14/h1-10,16-17,20-21H,11-12H2/t16-,17-/m1/s1. The van der Waals surface area contributed by atoms with Crippen LogP contribution in [0.5, 0.6) is 0 Å². The van der Waals surface area contributed by atoms with Crippen LogP contribution >= 0.6 is 0 Å². The average Bonchev–Trinajstić information content (AvgIpc) is 2.57. The highest BCUT2D eigenvalue weighted by atomic mass is 16.5. The van der Waals surface area contributed by atoms with Gasteiger partial charge in [-0.25, -0.2) is 0 Å². The summed E-state index contributed by atoms with van der Waals surface area (Å²) >= 11 is 0. The summed E-state index contributed by atoms with van der Waals surface area (Å²) in [6, 6.07) is 19.2. The van der Waals surface area contributed by atoms with Crippen molar-refractivity contribution in [1.82, 2.24) is 5.06 Å². The summed E-state index contributed by atoms with van der Waals surface area (Å²) in [6.07, 6.45) is 1.06. The second-order valence-corrected chi connectivity index (χ2v) is 5.31. The van der Waals surface area contributed by atoms with E-state index in [4.69, 9.17) is 0 Å². The van der Waals surface area contributed by atoms with Crippen LogP contribution in [0.15, 0.2) is 65.8 Å². The molecule has 0 saturated carbocycles. The molecule has 0 spiro atoms. The monoisotopic (exact) mass is 282 g/mol. The third kappa shape index (κ3) is 2.82. The smallest absolute Gasteiger partial charge is 0.0660 e. The van der Waals surface area contributed by atoms with Gasteiger partial charge in [0.25, 0.3) is 0 Å². The predicted octanol–water partition coefficient (Wildman–Crippen LogP) is 3.78. The van der Waals surface area contributed by atoms with E-state index in [0.717, 1.165) is 11.1 Å². The van der Waals surface area contributed by atoms with Gasteiger partial charge in [0.15, 0.2) is 0 Å². The fraction of sp³-hybridized carbons (Fsp3) is 0.235. The van der Waals surface area contributed by atoms with Crippen molar-refractivity contribution in [1.29, 1.82) is 0 Å². The minimum absolute atomic E-state index is 0.198. The van der Waals surface area contributed by atoms with E-state index in [1.165, 1.54) is 5.06 Å². The summed E-state index contributed by atoms with van der Waals surface area (Å²) in [6.45, 7) is 0. The predicted molar refractivity (Wildman–Crippen MR) is 80.4 cm³/mol. The normalized spacial score (nSPS) is 23.0. The molecule has 0 aliphatic carbocycles. The topological polar surface area (TPSA) is 56.1 Å². The lowest BCUT2D eigenvalue weighted by Crippen LogP contribution is -2.37. The molecule has 0 aromatic heterocycles. The molecule has 4 heteroatoms. The largest absolute Gasteiger partial charge is 0.411 e. The van der Waals surface area contributed by atoms with Crippen molar-refractivity contribution in [2.24, 2.45) is 5.16 Å². The lowest BCUT2D eigenvalue weighted by molar-refractivity contribution is -0.167. The minimum atomic E-state index is -0.198. The van der Waals surface area contributed by atoms with E-state index < -0.39 is 0 Å². The first kappa shape index (κ1) is 13.8. The first-order valence-electron chi connectivity index (χ1n) is 7.06. The van der Waals surface area contributed by atoms with Crippen LogP contribution in [-0.2, 0) is 0 Å². The van der Waals surface area contributed by atoms with E-state index in [0.29, 0.717) is 18.6 Å². The molecule has 1 aliphatic heterocycles.